The third-order valence-electron chi connectivity index (χ3n) is 2.22. The van der Waals surface area contributed by atoms with Crippen LogP contribution in [0.15, 0.2) is 0 Å². The van der Waals surface area contributed by atoms with E-state index in [9.17, 15) is 4.79 Å². The minimum atomic E-state index is -0.228. The number of amides is 1. The van der Waals surface area contributed by atoms with Crippen molar-refractivity contribution in [3.63, 3.8) is 0 Å². The molecule has 1 amide bonds. The molecule has 3 heteroatoms. The maximum Gasteiger partial charge on any atom is 0.409 e. The van der Waals surface area contributed by atoms with E-state index in [4.69, 9.17) is 4.74 Å². The van der Waals surface area contributed by atoms with E-state index < -0.39 is 0 Å². The monoisotopic (exact) mass is 201 g/mol. The molecule has 0 N–H and O–H groups in total. The van der Waals surface area contributed by atoms with Crippen molar-refractivity contribution in [1.29, 1.82) is 0 Å². The summed E-state index contributed by atoms with van der Waals surface area (Å²) in [5, 5.41) is 0. The Morgan fingerprint density at radius 2 is 1.93 bits per heavy atom. The molecule has 0 radical (unpaired) electrons. The lowest BCUT2D eigenvalue weighted by Crippen LogP contribution is -2.27. The number of hydrogen-bond acceptors (Lipinski definition) is 2. The SMILES string of the molecule is CCCCCC(CC)OC(=O)N(C)C. The van der Waals surface area contributed by atoms with E-state index in [0.29, 0.717) is 0 Å². The topological polar surface area (TPSA) is 29.5 Å². The van der Waals surface area contributed by atoms with Crippen molar-refractivity contribution >= 4 is 6.09 Å². The standard InChI is InChI=1S/C11H23NO2/c1-5-7-8-9-10(6-2)14-11(13)12(3)4/h10H,5-9H2,1-4H3. The van der Waals surface area contributed by atoms with E-state index in [1.54, 1.807) is 14.1 Å². The lowest BCUT2D eigenvalue weighted by Gasteiger charge is -2.18. The first kappa shape index (κ1) is 13.3. The fraction of sp³-hybridized carbons (Fsp3) is 0.909. The van der Waals surface area contributed by atoms with Crippen molar-refractivity contribution in [3.8, 4) is 0 Å². The molecule has 0 saturated carbocycles. The fourth-order valence-electron chi connectivity index (χ4n) is 1.22. The summed E-state index contributed by atoms with van der Waals surface area (Å²) in [6.45, 7) is 4.23. The van der Waals surface area contributed by atoms with Gasteiger partial charge in [0.1, 0.15) is 6.10 Å². The quantitative estimate of drug-likeness (QED) is 0.618. The fourth-order valence-corrected chi connectivity index (χ4v) is 1.22. The molecule has 3 nitrogen and oxygen atoms in total. The van der Waals surface area contributed by atoms with E-state index in [-0.39, 0.29) is 12.2 Å². The van der Waals surface area contributed by atoms with Gasteiger partial charge in [-0.1, -0.05) is 26.7 Å². The van der Waals surface area contributed by atoms with Crippen LogP contribution in [0.2, 0.25) is 0 Å². The molecule has 0 heterocycles. The van der Waals surface area contributed by atoms with Gasteiger partial charge in [0.05, 0.1) is 0 Å². The molecule has 0 aromatic carbocycles. The molecule has 0 aromatic heterocycles. The smallest absolute Gasteiger partial charge is 0.409 e. The Hall–Kier alpha value is -0.730. The molecule has 0 aromatic rings. The minimum Gasteiger partial charge on any atom is -0.446 e. The summed E-state index contributed by atoms with van der Waals surface area (Å²) in [5.74, 6) is 0. The van der Waals surface area contributed by atoms with Crippen LogP contribution in [0.4, 0.5) is 4.79 Å². The molecule has 0 fully saturated rings. The molecule has 0 aliphatic heterocycles. The number of carbonyl (C=O) groups excluding carboxylic acids is 1. The Morgan fingerprint density at radius 1 is 1.29 bits per heavy atom. The molecule has 0 rings (SSSR count). The maximum absolute atomic E-state index is 11.2. The summed E-state index contributed by atoms with van der Waals surface area (Å²) in [4.78, 5) is 12.7. The van der Waals surface area contributed by atoms with E-state index in [2.05, 4.69) is 13.8 Å². The zero-order chi connectivity index (χ0) is 11.0. The van der Waals surface area contributed by atoms with Gasteiger partial charge < -0.3 is 9.64 Å². The average Bonchev–Trinajstić information content (AvgIpc) is 2.16. The highest BCUT2D eigenvalue weighted by Gasteiger charge is 2.12. The van der Waals surface area contributed by atoms with Gasteiger partial charge in [-0.3, -0.25) is 0 Å². The van der Waals surface area contributed by atoms with Crippen molar-refractivity contribution in [1.82, 2.24) is 4.90 Å². The van der Waals surface area contributed by atoms with Crippen molar-refractivity contribution in [3.05, 3.63) is 0 Å². The normalized spacial score (nSPS) is 12.3. The van der Waals surface area contributed by atoms with Crippen LogP contribution in [0.1, 0.15) is 46.0 Å². The van der Waals surface area contributed by atoms with Gasteiger partial charge in [-0.15, -0.1) is 0 Å². The Labute approximate surface area is 87.4 Å². The second-order valence-electron chi connectivity index (χ2n) is 3.80. The summed E-state index contributed by atoms with van der Waals surface area (Å²) in [6.07, 6.45) is 5.33. The first-order valence-corrected chi connectivity index (χ1v) is 5.49. The minimum absolute atomic E-state index is 0.0939. The highest BCUT2D eigenvalue weighted by atomic mass is 16.6. The molecule has 1 atom stereocenters. The summed E-state index contributed by atoms with van der Waals surface area (Å²) in [7, 11) is 3.42. The predicted octanol–water partition coefficient (Wildman–Crippen LogP) is 3.04. The zero-order valence-corrected chi connectivity index (χ0v) is 9.88. The molecule has 0 bridgehead atoms. The molecule has 0 spiro atoms. The van der Waals surface area contributed by atoms with Crippen LogP contribution in [0.25, 0.3) is 0 Å². The summed E-state index contributed by atoms with van der Waals surface area (Å²) in [6, 6.07) is 0. The summed E-state index contributed by atoms with van der Waals surface area (Å²) >= 11 is 0. The van der Waals surface area contributed by atoms with Crippen LogP contribution >= 0.6 is 0 Å². The molecule has 14 heavy (non-hydrogen) atoms. The van der Waals surface area contributed by atoms with E-state index >= 15 is 0 Å². The first-order chi connectivity index (χ1) is 6.61. The van der Waals surface area contributed by atoms with Gasteiger partial charge in [0, 0.05) is 14.1 Å². The van der Waals surface area contributed by atoms with Gasteiger partial charge in [-0.25, -0.2) is 4.79 Å². The molecule has 1 unspecified atom stereocenters. The van der Waals surface area contributed by atoms with Crippen molar-refractivity contribution in [2.24, 2.45) is 0 Å². The van der Waals surface area contributed by atoms with Crippen LogP contribution in [0, 0.1) is 0 Å². The third-order valence-corrected chi connectivity index (χ3v) is 2.22. The number of nitrogens with zero attached hydrogens (tertiary/aromatic N) is 1. The van der Waals surface area contributed by atoms with E-state index in [1.807, 2.05) is 0 Å². The van der Waals surface area contributed by atoms with Gasteiger partial charge in [0.15, 0.2) is 0 Å². The predicted molar refractivity (Wildman–Crippen MR) is 58.4 cm³/mol. The first-order valence-electron chi connectivity index (χ1n) is 5.49. The number of ether oxygens (including phenoxy) is 1. The maximum atomic E-state index is 11.2. The van der Waals surface area contributed by atoms with E-state index in [0.717, 1.165) is 19.3 Å². The highest BCUT2D eigenvalue weighted by Crippen LogP contribution is 2.10. The number of hydrogen-bond donors (Lipinski definition) is 0. The van der Waals surface area contributed by atoms with Crippen molar-refractivity contribution < 1.29 is 9.53 Å². The average molecular weight is 201 g/mol. The number of rotatable bonds is 6. The Bertz CT molecular complexity index is 157. The van der Waals surface area contributed by atoms with E-state index in [1.165, 1.54) is 17.7 Å². The van der Waals surface area contributed by atoms with Crippen molar-refractivity contribution in [2.75, 3.05) is 14.1 Å². The van der Waals surface area contributed by atoms with Crippen LogP contribution in [-0.4, -0.2) is 31.2 Å². The van der Waals surface area contributed by atoms with Crippen LogP contribution in [0.5, 0.6) is 0 Å². The second-order valence-corrected chi connectivity index (χ2v) is 3.80. The molecule has 0 aliphatic carbocycles. The lowest BCUT2D eigenvalue weighted by atomic mass is 10.1. The van der Waals surface area contributed by atoms with Gasteiger partial charge in [0.25, 0.3) is 0 Å². The number of unbranched alkanes of at least 4 members (excludes halogenated alkanes) is 2. The second kappa shape index (κ2) is 7.65. The molecular weight excluding hydrogens is 178 g/mol. The third kappa shape index (κ3) is 5.84. The van der Waals surface area contributed by atoms with Crippen LogP contribution in [-0.2, 0) is 4.74 Å². The van der Waals surface area contributed by atoms with Crippen LogP contribution < -0.4 is 0 Å². The Kier molecular flexibility index (Phi) is 7.25. The largest absolute Gasteiger partial charge is 0.446 e. The van der Waals surface area contributed by atoms with Crippen LogP contribution in [0.3, 0.4) is 0 Å². The molecule has 84 valence electrons. The van der Waals surface area contributed by atoms with Gasteiger partial charge in [0.2, 0.25) is 0 Å². The molecular formula is C11H23NO2. The summed E-state index contributed by atoms with van der Waals surface area (Å²) < 4.78 is 5.29. The summed E-state index contributed by atoms with van der Waals surface area (Å²) in [5.41, 5.74) is 0. The lowest BCUT2D eigenvalue weighted by molar-refractivity contribution is 0.0672. The van der Waals surface area contributed by atoms with Gasteiger partial charge >= 0.3 is 6.09 Å². The molecule has 0 aliphatic rings. The Balaban J connectivity index is 3.73. The van der Waals surface area contributed by atoms with Gasteiger partial charge in [-0.05, 0) is 19.3 Å². The Morgan fingerprint density at radius 3 is 2.36 bits per heavy atom. The number of carbonyl (C=O) groups is 1. The van der Waals surface area contributed by atoms with Gasteiger partial charge in [-0.2, -0.15) is 0 Å². The highest BCUT2D eigenvalue weighted by molar-refractivity contribution is 5.66. The zero-order valence-electron chi connectivity index (χ0n) is 9.88. The van der Waals surface area contributed by atoms with Crippen molar-refractivity contribution in [2.45, 2.75) is 52.1 Å². The molecule has 0 saturated heterocycles.